The van der Waals surface area contributed by atoms with Crippen LogP contribution in [0.4, 0.5) is 5.69 Å². The summed E-state index contributed by atoms with van der Waals surface area (Å²) >= 11 is 1.31. The molecule has 1 amide bonds. The molecule has 140 valence electrons. The number of pyridine rings is 1. The first-order valence-electron chi connectivity index (χ1n) is 8.81. The molecule has 28 heavy (non-hydrogen) atoms. The van der Waals surface area contributed by atoms with Crippen LogP contribution in [0.1, 0.15) is 15.2 Å². The summed E-state index contributed by atoms with van der Waals surface area (Å²) in [5, 5.41) is 3.72. The van der Waals surface area contributed by atoms with Crippen LogP contribution >= 0.6 is 11.3 Å². The predicted octanol–water partition coefficient (Wildman–Crippen LogP) is 4.48. The fourth-order valence-electron chi connectivity index (χ4n) is 2.95. The summed E-state index contributed by atoms with van der Waals surface area (Å²) in [4.78, 5) is 18.5. The lowest BCUT2D eigenvalue weighted by Gasteiger charge is -2.04. The van der Waals surface area contributed by atoms with E-state index in [4.69, 9.17) is 15.5 Å². The van der Waals surface area contributed by atoms with Gasteiger partial charge in [0.1, 0.15) is 15.5 Å². The van der Waals surface area contributed by atoms with Crippen LogP contribution in [0.5, 0.6) is 5.75 Å². The van der Waals surface area contributed by atoms with E-state index in [9.17, 15) is 4.79 Å². The first kappa shape index (κ1) is 18.0. The van der Waals surface area contributed by atoms with Crippen LogP contribution in [0.25, 0.3) is 21.5 Å². The van der Waals surface area contributed by atoms with Gasteiger partial charge in [0.2, 0.25) is 0 Å². The Morgan fingerprint density at radius 3 is 2.54 bits per heavy atom. The van der Waals surface area contributed by atoms with Gasteiger partial charge in [-0.3, -0.25) is 4.79 Å². The predicted molar refractivity (Wildman–Crippen MR) is 114 cm³/mol. The van der Waals surface area contributed by atoms with Gasteiger partial charge in [-0.2, -0.15) is 0 Å². The molecule has 2 aromatic heterocycles. The number of benzene rings is 2. The summed E-state index contributed by atoms with van der Waals surface area (Å²) in [5.41, 5.74) is 9.54. The maximum absolute atomic E-state index is 12.6. The molecule has 0 unspecified atom stereocenters. The zero-order valence-corrected chi connectivity index (χ0v) is 16.1. The molecule has 4 rings (SSSR count). The zero-order valence-electron chi connectivity index (χ0n) is 15.3. The van der Waals surface area contributed by atoms with Gasteiger partial charge in [-0.05, 0) is 42.0 Å². The van der Waals surface area contributed by atoms with Gasteiger partial charge in [0.15, 0.2) is 0 Å². The Balaban J connectivity index is 1.59. The van der Waals surface area contributed by atoms with Crippen molar-refractivity contribution in [1.82, 2.24) is 10.3 Å². The Kier molecular flexibility index (Phi) is 4.95. The van der Waals surface area contributed by atoms with Crippen LogP contribution in [-0.4, -0.2) is 18.0 Å². The number of fused-ring (bicyclic) bond motifs is 1. The number of nitrogens with two attached hydrogens (primary N) is 1. The topological polar surface area (TPSA) is 77.2 Å². The van der Waals surface area contributed by atoms with Crippen molar-refractivity contribution in [3.8, 4) is 17.0 Å². The zero-order chi connectivity index (χ0) is 19.5. The summed E-state index contributed by atoms with van der Waals surface area (Å²) in [7, 11) is 1.64. The summed E-state index contributed by atoms with van der Waals surface area (Å²) in [5.74, 6) is 0.609. The second-order valence-corrected chi connectivity index (χ2v) is 7.29. The number of methoxy groups -OCH3 is 1. The number of hydrogen-bond acceptors (Lipinski definition) is 5. The number of nitrogens with zero attached hydrogens (tertiary/aromatic N) is 1. The minimum Gasteiger partial charge on any atom is -0.497 e. The van der Waals surface area contributed by atoms with E-state index >= 15 is 0 Å². The Morgan fingerprint density at radius 1 is 1.07 bits per heavy atom. The van der Waals surface area contributed by atoms with Crippen LogP contribution < -0.4 is 15.8 Å². The highest BCUT2D eigenvalue weighted by Gasteiger charge is 2.17. The van der Waals surface area contributed by atoms with Crippen molar-refractivity contribution in [3.05, 3.63) is 77.2 Å². The van der Waals surface area contributed by atoms with Crippen LogP contribution in [-0.2, 0) is 6.54 Å². The number of carbonyl (C=O) groups is 1. The fraction of sp³-hybridized carbons (Fsp3) is 0.0909. The molecule has 0 radical (unpaired) electrons. The van der Waals surface area contributed by atoms with Crippen molar-refractivity contribution in [1.29, 1.82) is 0 Å². The first-order chi connectivity index (χ1) is 13.7. The maximum atomic E-state index is 12.6. The van der Waals surface area contributed by atoms with Crippen LogP contribution in [0.15, 0.2) is 66.7 Å². The highest BCUT2D eigenvalue weighted by Crippen LogP contribution is 2.34. The Morgan fingerprint density at radius 2 is 1.82 bits per heavy atom. The van der Waals surface area contributed by atoms with E-state index in [1.165, 1.54) is 11.3 Å². The number of anilines is 1. The molecule has 0 aliphatic carbocycles. The van der Waals surface area contributed by atoms with Crippen molar-refractivity contribution < 1.29 is 9.53 Å². The molecule has 0 spiro atoms. The van der Waals surface area contributed by atoms with Crippen molar-refractivity contribution in [3.63, 3.8) is 0 Å². The van der Waals surface area contributed by atoms with Gasteiger partial charge >= 0.3 is 0 Å². The Labute approximate surface area is 166 Å². The van der Waals surface area contributed by atoms with Crippen molar-refractivity contribution >= 4 is 33.1 Å². The van der Waals surface area contributed by atoms with E-state index in [0.29, 0.717) is 17.1 Å². The second-order valence-electron chi connectivity index (χ2n) is 6.29. The lowest BCUT2D eigenvalue weighted by atomic mass is 10.1. The van der Waals surface area contributed by atoms with Crippen molar-refractivity contribution in [2.24, 2.45) is 0 Å². The van der Waals surface area contributed by atoms with Gasteiger partial charge in [0.25, 0.3) is 5.91 Å². The Bertz CT molecular complexity index is 1120. The van der Waals surface area contributed by atoms with E-state index in [1.54, 1.807) is 7.11 Å². The van der Waals surface area contributed by atoms with Crippen LogP contribution in [0, 0.1) is 0 Å². The van der Waals surface area contributed by atoms with Gasteiger partial charge in [0.05, 0.1) is 18.5 Å². The summed E-state index contributed by atoms with van der Waals surface area (Å²) < 4.78 is 5.20. The lowest BCUT2D eigenvalue weighted by Crippen LogP contribution is -2.22. The fourth-order valence-corrected chi connectivity index (χ4v) is 3.96. The molecule has 0 saturated heterocycles. The molecule has 2 aromatic carbocycles. The van der Waals surface area contributed by atoms with Crippen LogP contribution in [0.3, 0.4) is 0 Å². The molecule has 5 nitrogen and oxygen atoms in total. The normalized spacial score (nSPS) is 10.8. The number of thiophene rings is 1. The van der Waals surface area contributed by atoms with E-state index in [0.717, 1.165) is 32.8 Å². The summed E-state index contributed by atoms with van der Waals surface area (Å²) in [6.45, 7) is 0.456. The third-order valence-electron chi connectivity index (χ3n) is 4.48. The van der Waals surface area contributed by atoms with E-state index in [2.05, 4.69) is 5.32 Å². The van der Waals surface area contributed by atoms with Crippen molar-refractivity contribution in [2.75, 3.05) is 12.8 Å². The first-order valence-corrected chi connectivity index (χ1v) is 9.63. The van der Waals surface area contributed by atoms with E-state index in [-0.39, 0.29) is 5.91 Å². The van der Waals surface area contributed by atoms with Gasteiger partial charge in [0, 0.05) is 17.5 Å². The lowest BCUT2D eigenvalue weighted by molar-refractivity contribution is 0.0956. The highest BCUT2D eigenvalue weighted by atomic mass is 32.1. The van der Waals surface area contributed by atoms with Gasteiger partial charge < -0.3 is 15.8 Å². The van der Waals surface area contributed by atoms with Crippen LogP contribution in [0.2, 0.25) is 0 Å². The number of nitrogens with one attached hydrogen (secondary N) is 1. The van der Waals surface area contributed by atoms with E-state index < -0.39 is 0 Å². The standard InChI is InChI=1S/C22H19N3O2S/c1-27-16-9-7-15(8-10-16)18-12-11-17-19(23)20(28-22(17)25-18)21(26)24-13-14-5-3-2-4-6-14/h2-12H,13,23H2,1H3,(H,24,26). The smallest absolute Gasteiger partial charge is 0.263 e. The number of carbonyl (C=O) groups excluding carboxylic acids is 1. The number of hydrogen-bond donors (Lipinski definition) is 2. The molecule has 4 aromatic rings. The SMILES string of the molecule is COc1ccc(-c2ccc3c(N)c(C(=O)NCc4ccccc4)sc3n2)cc1. The molecule has 0 atom stereocenters. The highest BCUT2D eigenvalue weighted by molar-refractivity contribution is 7.21. The van der Waals surface area contributed by atoms with Gasteiger partial charge in [-0.15, -0.1) is 11.3 Å². The average molecular weight is 389 g/mol. The van der Waals surface area contributed by atoms with Gasteiger partial charge in [-0.1, -0.05) is 30.3 Å². The molecular formula is C22H19N3O2S. The third-order valence-corrected chi connectivity index (χ3v) is 5.60. The monoisotopic (exact) mass is 389 g/mol. The molecule has 0 aliphatic heterocycles. The summed E-state index contributed by atoms with van der Waals surface area (Å²) in [6, 6.07) is 21.3. The maximum Gasteiger partial charge on any atom is 0.263 e. The number of aromatic nitrogens is 1. The summed E-state index contributed by atoms with van der Waals surface area (Å²) in [6.07, 6.45) is 0. The minimum absolute atomic E-state index is 0.185. The van der Waals surface area contributed by atoms with Gasteiger partial charge in [-0.25, -0.2) is 4.98 Å². The third kappa shape index (κ3) is 3.54. The molecule has 3 N–H and O–H groups in total. The average Bonchev–Trinajstić information content (AvgIpc) is 3.09. The number of rotatable bonds is 5. The molecule has 2 heterocycles. The van der Waals surface area contributed by atoms with Crippen molar-refractivity contribution in [2.45, 2.75) is 6.54 Å². The number of nitrogen functional groups attached to an aromatic ring is 1. The molecule has 6 heteroatoms. The molecular weight excluding hydrogens is 370 g/mol. The molecule has 0 fully saturated rings. The number of amides is 1. The molecule has 0 saturated carbocycles. The molecule has 0 bridgehead atoms. The van der Waals surface area contributed by atoms with E-state index in [1.807, 2.05) is 66.7 Å². The second kappa shape index (κ2) is 7.70. The Hall–Kier alpha value is -3.38. The number of ether oxygens (including phenoxy) is 1. The minimum atomic E-state index is -0.185. The molecule has 0 aliphatic rings. The largest absolute Gasteiger partial charge is 0.497 e. The quantitative estimate of drug-likeness (QED) is 0.527.